The van der Waals surface area contributed by atoms with E-state index in [1.54, 1.807) is 0 Å². The normalized spacial score (nSPS) is 21.4. The van der Waals surface area contributed by atoms with E-state index in [1.807, 2.05) is 0 Å². The predicted molar refractivity (Wildman–Crippen MR) is 110 cm³/mol. The van der Waals surface area contributed by atoms with Gasteiger partial charge in [0, 0.05) is 19.6 Å². The molecule has 0 aromatic heterocycles. The highest BCUT2D eigenvalue weighted by atomic mass is 127. The molecule has 1 aliphatic heterocycles. The predicted octanol–water partition coefficient (Wildman–Crippen LogP) is 3.67. The zero-order chi connectivity index (χ0) is 16.2. The SMILES string of the molecule is CCNC(=NCC1CC1)N1CCOC(c2ccc(C)cc2C)C1.I. The van der Waals surface area contributed by atoms with Gasteiger partial charge in [0.2, 0.25) is 0 Å². The minimum atomic E-state index is 0. The van der Waals surface area contributed by atoms with Crippen LogP contribution < -0.4 is 5.32 Å². The summed E-state index contributed by atoms with van der Waals surface area (Å²) in [4.78, 5) is 7.20. The monoisotopic (exact) mass is 443 g/mol. The Labute approximate surface area is 163 Å². The van der Waals surface area contributed by atoms with Crippen LogP contribution in [0.1, 0.15) is 42.6 Å². The van der Waals surface area contributed by atoms with E-state index < -0.39 is 0 Å². The summed E-state index contributed by atoms with van der Waals surface area (Å²) in [5, 5.41) is 3.45. The smallest absolute Gasteiger partial charge is 0.194 e. The van der Waals surface area contributed by atoms with Crippen LogP contribution >= 0.6 is 24.0 Å². The molecule has 2 fully saturated rings. The molecule has 0 amide bonds. The first-order valence-electron chi connectivity index (χ1n) is 8.89. The van der Waals surface area contributed by atoms with Crippen LogP contribution in [0.4, 0.5) is 0 Å². The van der Waals surface area contributed by atoms with Crippen molar-refractivity contribution >= 4 is 29.9 Å². The Morgan fingerprint density at radius 1 is 1.33 bits per heavy atom. The molecular weight excluding hydrogens is 413 g/mol. The average Bonchev–Trinajstić information content (AvgIpc) is 3.36. The maximum Gasteiger partial charge on any atom is 0.194 e. The summed E-state index contributed by atoms with van der Waals surface area (Å²) < 4.78 is 6.06. The lowest BCUT2D eigenvalue weighted by molar-refractivity contribution is -0.00833. The number of nitrogens with one attached hydrogen (secondary N) is 1. The Morgan fingerprint density at radius 3 is 2.79 bits per heavy atom. The largest absolute Gasteiger partial charge is 0.370 e. The van der Waals surface area contributed by atoms with Gasteiger partial charge in [-0.2, -0.15) is 0 Å². The van der Waals surface area contributed by atoms with Crippen molar-refractivity contribution in [2.75, 3.05) is 32.8 Å². The van der Waals surface area contributed by atoms with Gasteiger partial charge in [0.25, 0.3) is 0 Å². The van der Waals surface area contributed by atoms with Crippen molar-refractivity contribution in [2.24, 2.45) is 10.9 Å². The van der Waals surface area contributed by atoms with Crippen molar-refractivity contribution in [2.45, 2.75) is 39.7 Å². The van der Waals surface area contributed by atoms with Crippen molar-refractivity contribution in [1.82, 2.24) is 10.2 Å². The molecule has 0 radical (unpaired) electrons. The van der Waals surface area contributed by atoms with Gasteiger partial charge >= 0.3 is 0 Å². The van der Waals surface area contributed by atoms with Crippen LogP contribution in [-0.2, 0) is 4.74 Å². The highest BCUT2D eigenvalue weighted by molar-refractivity contribution is 14.0. The number of nitrogens with zero attached hydrogens (tertiary/aromatic N) is 2. The van der Waals surface area contributed by atoms with Crippen molar-refractivity contribution < 1.29 is 4.74 Å². The first-order chi connectivity index (χ1) is 11.2. The number of guanidine groups is 1. The summed E-state index contributed by atoms with van der Waals surface area (Å²) in [6.07, 6.45) is 2.82. The molecule has 1 aromatic rings. The fourth-order valence-corrected chi connectivity index (χ4v) is 3.16. The van der Waals surface area contributed by atoms with Gasteiger partial charge in [0.15, 0.2) is 5.96 Å². The van der Waals surface area contributed by atoms with Crippen LogP contribution in [0.5, 0.6) is 0 Å². The van der Waals surface area contributed by atoms with E-state index in [1.165, 1.54) is 29.5 Å². The van der Waals surface area contributed by atoms with Crippen LogP contribution in [0, 0.1) is 19.8 Å². The second-order valence-electron chi connectivity index (χ2n) is 6.80. The second kappa shape index (κ2) is 9.04. The molecule has 1 saturated carbocycles. The summed E-state index contributed by atoms with van der Waals surface area (Å²) in [7, 11) is 0. The highest BCUT2D eigenvalue weighted by Crippen LogP contribution is 2.29. The fourth-order valence-electron chi connectivity index (χ4n) is 3.16. The lowest BCUT2D eigenvalue weighted by atomic mass is 10.00. The summed E-state index contributed by atoms with van der Waals surface area (Å²) in [5.41, 5.74) is 3.92. The number of hydrogen-bond donors (Lipinski definition) is 1. The molecule has 1 N–H and O–H groups in total. The van der Waals surface area contributed by atoms with E-state index >= 15 is 0 Å². The van der Waals surface area contributed by atoms with Crippen molar-refractivity contribution in [1.29, 1.82) is 0 Å². The molecule has 1 aromatic carbocycles. The Bertz CT molecular complexity index is 572. The number of aliphatic imine (C=N–C) groups is 1. The summed E-state index contributed by atoms with van der Waals surface area (Å²) in [6.45, 7) is 10.9. The van der Waals surface area contributed by atoms with Crippen molar-refractivity contribution in [3.8, 4) is 0 Å². The molecule has 1 saturated heterocycles. The molecule has 24 heavy (non-hydrogen) atoms. The van der Waals surface area contributed by atoms with E-state index in [2.05, 4.69) is 49.2 Å². The summed E-state index contributed by atoms with van der Waals surface area (Å²) in [5.74, 6) is 1.87. The van der Waals surface area contributed by atoms with Gasteiger partial charge in [-0.25, -0.2) is 0 Å². The van der Waals surface area contributed by atoms with Gasteiger partial charge < -0.3 is 15.0 Å². The van der Waals surface area contributed by atoms with E-state index in [9.17, 15) is 0 Å². The molecule has 134 valence electrons. The molecule has 0 spiro atoms. The number of ether oxygens (including phenoxy) is 1. The zero-order valence-electron chi connectivity index (χ0n) is 15.0. The van der Waals surface area contributed by atoms with Crippen molar-refractivity contribution in [3.05, 3.63) is 34.9 Å². The molecule has 1 heterocycles. The third kappa shape index (κ3) is 5.09. The summed E-state index contributed by atoms with van der Waals surface area (Å²) >= 11 is 0. The first kappa shape index (κ1) is 19.5. The molecule has 0 bridgehead atoms. The van der Waals surface area contributed by atoms with Crippen molar-refractivity contribution in [3.63, 3.8) is 0 Å². The lowest BCUT2D eigenvalue weighted by Gasteiger charge is -2.36. The van der Waals surface area contributed by atoms with Gasteiger partial charge in [-0.05, 0) is 50.7 Å². The second-order valence-corrected chi connectivity index (χ2v) is 6.80. The van der Waals surface area contributed by atoms with Gasteiger partial charge in [0.1, 0.15) is 6.10 Å². The Hall–Kier alpha value is -0.820. The third-order valence-electron chi connectivity index (χ3n) is 4.67. The Kier molecular flexibility index (Phi) is 7.34. The van der Waals surface area contributed by atoms with E-state index in [0.29, 0.717) is 0 Å². The average molecular weight is 443 g/mol. The standard InChI is InChI=1S/C19H29N3O.HI/c1-4-20-19(21-12-16-6-7-16)22-9-10-23-18(13-22)17-8-5-14(2)11-15(17)3;/h5,8,11,16,18H,4,6-7,9-10,12-13H2,1-3H3,(H,20,21);1H. The van der Waals surface area contributed by atoms with Gasteiger partial charge in [0.05, 0.1) is 13.2 Å². The van der Waals surface area contributed by atoms with Crippen LogP contribution in [0.2, 0.25) is 0 Å². The minimum Gasteiger partial charge on any atom is -0.370 e. The summed E-state index contributed by atoms with van der Waals surface area (Å²) in [6, 6.07) is 6.63. The maximum absolute atomic E-state index is 6.06. The fraction of sp³-hybridized carbons (Fsp3) is 0.632. The molecule has 2 aliphatic rings. The Morgan fingerprint density at radius 2 is 2.12 bits per heavy atom. The number of hydrogen-bond acceptors (Lipinski definition) is 2. The van der Waals surface area contributed by atoms with Gasteiger partial charge in [-0.3, -0.25) is 4.99 Å². The zero-order valence-corrected chi connectivity index (χ0v) is 17.4. The molecule has 1 atom stereocenters. The van der Waals surface area contributed by atoms with Gasteiger partial charge in [-0.1, -0.05) is 23.8 Å². The molecule has 1 aliphatic carbocycles. The van der Waals surface area contributed by atoms with Crippen LogP contribution in [-0.4, -0.2) is 43.6 Å². The minimum absolute atomic E-state index is 0. The molecular formula is C19H30IN3O. The molecule has 3 rings (SSSR count). The van der Waals surface area contributed by atoms with E-state index in [4.69, 9.17) is 9.73 Å². The van der Waals surface area contributed by atoms with E-state index in [-0.39, 0.29) is 30.1 Å². The molecule has 4 nitrogen and oxygen atoms in total. The maximum atomic E-state index is 6.06. The molecule has 1 unspecified atom stereocenters. The number of benzene rings is 1. The number of aryl methyl sites for hydroxylation is 2. The van der Waals surface area contributed by atoms with Crippen LogP contribution in [0.15, 0.2) is 23.2 Å². The number of halogens is 1. The van der Waals surface area contributed by atoms with Gasteiger partial charge in [-0.15, -0.1) is 24.0 Å². The van der Waals surface area contributed by atoms with Crippen LogP contribution in [0.3, 0.4) is 0 Å². The van der Waals surface area contributed by atoms with E-state index in [0.717, 1.165) is 44.7 Å². The van der Waals surface area contributed by atoms with Crippen LogP contribution in [0.25, 0.3) is 0 Å². The number of rotatable bonds is 4. The Balaban J connectivity index is 0.00000208. The topological polar surface area (TPSA) is 36.9 Å². The lowest BCUT2D eigenvalue weighted by Crippen LogP contribution is -2.48. The third-order valence-corrected chi connectivity index (χ3v) is 4.67. The number of morpholine rings is 1. The highest BCUT2D eigenvalue weighted by Gasteiger charge is 2.26. The quantitative estimate of drug-likeness (QED) is 0.439. The molecule has 5 heteroatoms. The first-order valence-corrected chi connectivity index (χ1v) is 8.89.